The maximum atomic E-state index is 12.7. The molecule has 0 unspecified atom stereocenters. The van der Waals surface area contributed by atoms with Gasteiger partial charge in [-0.15, -0.1) is 11.8 Å². The Bertz CT molecular complexity index is 868. The highest BCUT2D eigenvalue weighted by atomic mass is 32.2. The summed E-state index contributed by atoms with van der Waals surface area (Å²) in [5, 5.41) is 5.74. The summed E-state index contributed by atoms with van der Waals surface area (Å²) in [5.74, 6) is 0.594. The van der Waals surface area contributed by atoms with E-state index < -0.39 is 0 Å². The molecule has 2 aromatic rings. The monoisotopic (exact) mass is 399 g/mol. The molecule has 0 fully saturated rings. The van der Waals surface area contributed by atoms with Gasteiger partial charge < -0.3 is 20.3 Å². The van der Waals surface area contributed by atoms with Gasteiger partial charge in [-0.2, -0.15) is 0 Å². The van der Waals surface area contributed by atoms with Gasteiger partial charge in [0.1, 0.15) is 5.75 Å². The van der Waals surface area contributed by atoms with Crippen LogP contribution in [0.1, 0.15) is 28.9 Å². The van der Waals surface area contributed by atoms with Crippen molar-refractivity contribution < 1.29 is 14.3 Å². The Morgan fingerprint density at radius 2 is 1.96 bits per heavy atom. The summed E-state index contributed by atoms with van der Waals surface area (Å²) in [6.07, 6.45) is 0. The minimum atomic E-state index is -0.166. The number of thioether (sulfide) groups is 1. The zero-order valence-corrected chi connectivity index (χ0v) is 17.3. The molecule has 2 N–H and O–H groups in total. The number of nitrogens with zero attached hydrogens (tertiary/aromatic N) is 1. The van der Waals surface area contributed by atoms with Crippen LogP contribution in [-0.2, 0) is 4.79 Å². The number of benzene rings is 2. The Kier molecular flexibility index (Phi) is 6.26. The van der Waals surface area contributed by atoms with E-state index in [0.29, 0.717) is 17.8 Å². The van der Waals surface area contributed by atoms with Crippen molar-refractivity contribution in [3.8, 4) is 5.75 Å². The van der Waals surface area contributed by atoms with Gasteiger partial charge in [0.05, 0.1) is 24.1 Å². The molecular weight excluding hydrogens is 374 g/mol. The zero-order valence-electron chi connectivity index (χ0n) is 16.5. The Morgan fingerprint density at radius 3 is 2.61 bits per heavy atom. The summed E-state index contributed by atoms with van der Waals surface area (Å²) in [4.78, 5) is 27.6. The van der Waals surface area contributed by atoms with Gasteiger partial charge in [0.15, 0.2) is 0 Å². The Labute approximate surface area is 169 Å². The molecule has 2 atom stereocenters. The van der Waals surface area contributed by atoms with E-state index in [1.54, 1.807) is 19.2 Å². The third kappa shape index (κ3) is 4.48. The minimum Gasteiger partial charge on any atom is -0.497 e. The number of carbonyl (C=O) groups is 2. The summed E-state index contributed by atoms with van der Waals surface area (Å²) >= 11 is 1.50. The average molecular weight is 400 g/mol. The lowest BCUT2D eigenvalue weighted by Gasteiger charge is -2.25. The maximum Gasteiger partial charge on any atom is 0.251 e. The van der Waals surface area contributed by atoms with Gasteiger partial charge in [-0.3, -0.25) is 9.59 Å². The van der Waals surface area contributed by atoms with E-state index in [-0.39, 0.29) is 23.1 Å². The first-order valence-electron chi connectivity index (χ1n) is 9.09. The number of ether oxygens (including phenoxy) is 1. The highest BCUT2D eigenvalue weighted by molar-refractivity contribution is 8.00. The number of anilines is 1. The molecule has 0 saturated carbocycles. The normalized spacial score (nSPS) is 16.9. The molecule has 0 spiro atoms. The molecule has 148 valence electrons. The van der Waals surface area contributed by atoms with Gasteiger partial charge >= 0.3 is 0 Å². The summed E-state index contributed by atoms with van der Waals surface area (Å²) in [7, 11) is 5.60. The van der Waals surface area contributed by atoms with Crippen molar-refractivity contribution >= 4 is 29.3 Å². The van der Waals surface area contributed by atoms with E-state index in [1.165, 1.54) is 11.8 Å². The van der Waals surface area contributed by atoms with Crippen LogP contribution in [0.15, 0.2) is 47.4 Å². The lowest BCUT2D eigenvalue weighted by molar-refractivity contribution is -0.115. The van der Waals surface area contributed by atoms with Crippen molar-refractivity contribution in [2.24, 2.45) is 0 Å². The van der Waals surface area contributed by atoms with Crippen LogP contribution in [0.2, 0.25) is 0 Å². The van der Waals surface area contributed by atoms with Crippen LogP contribution in [0.5, 0.6) is 5.75 Å². The third-order valence-corrected chi connectivity index (χ3v) is 5.93. The Balaban J connectivity index is 1.69. The first kappa shape index (κ1) is 20.2. The molecule has 28 heavy (non-hydrogen) atoms. The van der Waals surface area contributed by atoms with Crippen molar-refractivity contribution in [3.05, 3.63) is 53.6 Å². The van der Waals surface area contributed by atoms with Crippen molar-refractivity contribution in [3.63, 3.8) is 0 Å². The van der Waals surface area contributed by atoms with Crippen molar-refractivity contribution in [2.75, 3.05) is 33.1 Å². The van der Waals surface area contributed by atoms with Crippen LogP contribution < -0.4 is 15.4 Å². The second-order valence-corrected chi connectivity index (χ2v) is 8.31. The molecule has 0 saturated heterocycles. The molecule has 6 nitrogen and oxygen atoms in total. The standard InChI is InChI=1S/C21H25N3O3S/c1-13-20(25)23-17-11-15(7-10-19(17)28-13)21(26)22-12-18(24(2)3)14-5-8-16(27-4)9-6-14/h5-11,13,18H,12H2,1-4H3,(H,22,26)(H,23,25)/t13-,18+/m1/s1. The molecule has 7 heteroatoms. The lowest BCUT2D eigenvalue weighted by Crippen LogP contribution is -2.34. The second-order valence-electron chi connectivity index (χ2n) is 6.92. The van der Waals surface area contributed by atoms with E-state index >= 15 is 0 Å². The molecule has 0 radical (unpaired) electrons. The first-order chi connectivity index (χ1) is 13.4. The number of hydrogen-bond donors (Lipinski definition) is 2. The predicted molar refractivity (Wildman–Crippen MR) is 112 cm³/mol. The van der Waals surface area contributed by atoms with Crippen LogP contribution >= 0.6 is 11.8 Å². The van der Waals surface area contributed by atoms with E-state index in [1.807, 2.05) is 51.4 Å². The van der Waals surface area contributed by atoms with E-state index in [9.17, 15) is 9.59 Å². The zero-order chi connectivity index (χ0) is 20.3. The highest BCUT2D eigenvalue weighted by Gasteiger charge is 2.24. The lowest BCUT2D eigenvalue weighted by atomic mass is 10.1. The molecule has 2 amide bonds. The molecule has 0 aliphatic carbocycles. The van der Waals surface area contributed by atoms with E-state index in [2.05, 4.69) is 15.5 Å². The average Bonchev–Trinajstić information content (AvgIpc) is 2.68. The van der Waals surface area contributed by atoms with Gasteiger partial charge in [-0.1, -0.05) is 12.1 Å². The number of nitrogens with one attached hydrogen (secondary N) is 2. The number of rotatable bonds is 6. The molecule has 1 aliphatic heterocycles. The number of hydrogen-bond acceptors (Lipinski definition) is 5. The van der Waals surface area contributed by atoms with Gasteiger partial charge in [-0.25, -0.2) is 0 Å². The van der Waals surface area contributed by atoms with Gasteiger partial charge in [0, 0.05) is 17.0 Å². The van der Waals surface area contributed by atoms with Gasteiger partial charge in [0.2, 0.25) is 5.91 Å². The van der Waals surface area contributed by atoms with Crippen molar-refractivity contribution in [1.82, 2.24) is 10.2 Å². The molecule has 2 aromatic carbocycles. The second kappa shape index (κ2) is 8.67. The fourth-order valence-electron chi connectivity index (χ4n) is 3.07. The smallest absolute Gasteiger partial charge is 0.251 e. The fourth-order valence-corrected chi connectivity index (χ4v) is 4.00. The molecule has 1 aliphatic rings. The summed E-state index contributed by atoms with van der Waals surface area (Å²) in [6.45, 7) is 2.33. The van der Waals surface area contributed by atoms with E-state index in [0.717, 1.165) is 16.2 Å². The van der Waals surface area contributed by atoms with Crippen molar-refractivity contribution in [1.29, 1.82) is 0 Å². The summed E-state index contributed by atoms with van der Waals surface area (Å²) in [5.41, 5.74) is 2.32. The van der Waals surface area contributed by atoms with Crippen LogP contribution in [-0.4, -0.2) is 49.7 Å². The number of fused-ring (bicyclic) bond motifs is 1. The number of methoxy groups -OCH3 is 1. The van der Waals surface area contributed by atoms with E-state index in [4.69, 9.17) is 4.74 Å². The SMILES string of the molecule is COc1ccc([C@H](CNC(=O)c2ccc3c(c2)NC(=O)[C@@H](C)S3)N(C)C)cc1. The van der Waals surface area contributed by atoms with Crippen molar-refractivity contribution in [2.45, 2.75) is 23.1 Å². The quantitative estimate of drug-likeness (QED) is 0.781. The molecule has 1 heterocycles. The number of amides is 2. The van der Waals surface area contributed by atoms with Crippen LogP contribution in [0.4, 0.5) is 5.69 Å². The highest BCUT2D eigenvalue weighted by Crippen LogP contribution is 2.35. The summed E-state index contributed by atoms with van der Waals surface area (Å²) < 4.78 is 5.21. The molecular formula is C21H25N3O3S. The van der Waals surface area contributed by atoms with Gasteiger partial charge in [-0.05, 0) is 56.9 Å². The third-order valence-electron chi connectivity index (χ3n) is 4.75. The number of likely N-dealkylation sites (N-methyl/N-ethyl adjacent to an activating group) is 1. The number of carbonyl (C=O) groups excluding carboxylic acids is 2. The molecule has 0 bridgehead atoms. The Hall–Kier alpha value is -2.51. The summed E-state index contributed by atoms with van der Waals surface area (Å²) in [6, 6.07) is 13.3. The first-order valence-corrected chi connectivity index (χ1v) is 9.97. The predicted octanol–water partition coefficient (Wildman–Crippen LogP) is 3.16. The van der Waals surface area contributed by atoms with Crippen LogP contribution in [0, 0.1) is 0 Å². The Morgan fingerprint density at radius 1 is 1.25 bits per heavy atom. The topological polar surface area (TPSA) is 70.7 Å². The maximum absolute atomic E-state index is 12.7. The fraction of sp³-hybridized carbons (Fsp3) is 0.333. The van der Waals surface area contributed by atoms with Crippen LogP contribution in [0.3, 0.4) is 0 Å². The van der Waals surface area contributed by atoms with Crippen LogP contribution in [0.25, 0.3) is 0 Å². The molecule has 0 aromatic heterocycles. The van der Waals surface area contributed by atoms with Gasteiger partial charge in [0.25, 0.3) is 5.91 Å². The largest absolute Gasteiger partial charge is 0.497 e. The minimum absolute atomic E-state index is 0.0311. The molecule has 3 rings (SSSR count).